The number of nitrogens with zero attached hydrogens (tertiary/aromatic N) is 5. The van der Waals surface area contributed by atoms with Gasteiger partial charge in [0.15, 0.2) is 11.6 Å². The van der Waals surface area contributed by atoms with E-state index in [4.69, 9.17) is 14.0 Å². The summed E-state index contributed by atoms with van der Waals surface area (Å²) >= 11 is 0. The van der Waals surface area contributed by atoms with Crippen LogP contribution in [0.1, 0.15) is 50.7 Å². The number of aryl methyl sites for hydroxylation is 1. The Hall–Kier alpha value is -3.05. The Bertz CT molecular complexity index is 1030. The van der Waals surface area contributed by atoms with E-state index in [1.165, 1.54) is 11.1 Å². The molecule has 178 valence electrons. The van der Waals surface area contributed by atoms with Gasteiger partial charge in [-0.3, -0.25) is 0 Å². The van der Waals surface area contributed by atoms with E-state index in [1.807, 2.05) is 6.92 Å². The van der Waals surface area contributed by atoms with Crippen molar-refractivity contribution in [2.45, 2.75) is 57.4 Å². The van der Waals surface area contributed by atoms with Crippen molar-refractivity contribution in [1.29, 1.82) is 0 Å². The van der Waals surface area contributed by atoms with Crippen LogP contribution in [-0.2, 0) is 5.54 Å². The van der Waals surface area contributed by atoms with E-state index in [2.05, 4.69) is 25.4 Å². The van der Waals surface area contributed by atoms with Gasteiger partial charge in [-0.25, -0.2) is 18.6 Å². The van der Waals surface area contributed by atoms with Gasteiger partial charge in [-0.2, -0.15) is 9.97 Å². The molecule has 2 saturated carbocycles. The third-order valence-electron chi connectivity index (χ3n) is 5.99. The van der Waals surface area contributed by atoms with E-state index in [9.17, 15) is 13.6 Å². The number of aromatic nitrogens is 4. The van der Waals surface area contributed by atoms with Gasteiger partial charge in [-0.05, 0) is 38.0 Å². The molecule has 1 atom stereocenters. The average molecular weight is 464 g/mol. The first kappa shape index (κ1) is 21.8. The summed E-state index contributed by atoms with van der Waals surface area (Å²) in [5.41, 5.74) is -0.877. The van der Waals surface area contributed by atoms with Crippen LogP contribution in [0.2, 0.25) is 0 Å². The van der Waals surface area contributed by atoms with Gasteiger partial charge in [-0.1, -0.05) is 18.0 Å². The summed E-state index contributed by atoms with van der Waals surface area (Å²) in [6.07, 6.45) is 5.37. The van der Waals surface area contributed by atoms with E-state index in [1.54, 1.807) is 6.92 Å². The SMILES string of the molecule is Cc1nc(C(C)(CC2CC2)NC(=O)Oc2cnc(N3CC(F)(F)C3)c(OCC3CC3)n2)no1. The van der Waals surface area contributed by atoms with Crippen molar-refractivity contribution < 1.29 is 27.6 Å². The second-order valence-corrected chi connectivity index (χ2v) is 9.43. The summed E-state index contributed by atoms with van der Waals surface area (Å²) in [5.74, 6) is -0.892. The van der Waals surface area contributed by atoms with Crippen LogP contribution in [0.25, 0.3) is 0 Å². The number of amides is 1. The molecule has 3 aliphatic rings. The number of ether oxygens (including phenoxy) is 2. The molecule has 2 aliphatic carbocycles. The van der Waals surface area contributed by atoms with Crippen LogP contribution >= 0.6 is 0 Å². The topological polar surface area (TPSA) is 116 Å². The Balaban J connectivity index is 1.29. The standard InChI is InChI=1S/C21H26F2N6O4/c1-12-25-18(28-33-12)20(2,7-13-3-4-13)27-19(30)32-15-8-24-16(29-10-21(22,23)11-29)17(26-15)31-9-14-5-6-14/h8,13-14H,3-7,9-11H2,1-2H3,(H,27,30). The van der Waals surface area contributed by atoms with Crippen molar-refractivity contribution in [3.8, 4) is 11.8 Å². The van der Waals surface area contributed by atoms with Crippen LogP contribution < -0.4 is 19.7 Å². The Morgan fingerprint density at radius 1 is 1.27 bits per heavy atom. The molecule has 1 N–H and O–H groups in total. The molecule has 0 radical (unpaired) electrons. The predicted octanol–water partition coefficient (Wildman–Crippen LogP) is 3.22. The van der Waals surface area contributed by atoms with Crippen molar-refractivity contribution in [3.05, 3.63) is 17.9 Å². The first-order chi connectivity index (χ1) is 15.7. The van der Waals surface area contributed by atoms with Gasteiger partial charge in [0.1, 0.15) is 5.54 Å². The highest BCUT2D eigenvalue weighted by Gasteiger charge is 2.46. The summed E-state index contributed by atoms with van der Waals surface area (Å²) in [6, 6.07) is 0. The minimum absolute atomic E-state index is 0.0808. The van der Waals surface area contributed by atoms with Gasteiger partial charge >= 0.3 is 6.09 Å². The number of carbonyl (C=O) groups excluding carboxylic acids is 1. The maximum atomic E-state index is 13.3. The molecule has 2 aromatic rings. The molecule has 0 bridgehead atoms. The van der Waals surface area contributed by atoms with Gasteiger partial charge in [0, 0.05) is 6.92 Å². The Labute approximate surface area is 189 Å². The lowest BCUT2D eigenvalue weighted by molar-refractivity contribution is -0.0270. The second-order valence-electron chi connectivity index (χ2n) is 9.43. The monoisotopic (exact) mass is 464 g/mol. The molecule has 0 spiro atoms. The van der Waals surface area contributed by atoms with Crippen LogP contribution in [0, 0.1) is 18.8 Å². The van der Waals surface area contributed by atoms with E-state index >= 15 is 0 Å². The van der Waals surface area contributed by atoms with Gasteiger partial charge in [0.25, 0.3) is 11.8 Å². The van der Waals surface area contributed by atoms with Gasteiger partial charge in [-0.15, -0.1) is 0 Å². The normalized spacial score (nSPS) is 21.2. The maximum absolute atomic E-state index is 13.3. The van der Waals surface area contributed by atoms with E-state index in [0.717, 1.165) is 25.7 Å². The molecular formula is C21H26F2N6O4. The molecule has 10 nitrogen and oxygen atoms in total. The zero-order valence-corrected chi connectivity index (χ0v) is 18.5. The average Bonchev–Trinajstić information content (AvgIpc) is 3.65. The quantitative estimate of drug-likeness (QED) is 0.597. The van der Waals surface area contributed by atoms with Gasteiger partial charge in [0.2, 0.25) is 11.8 Å². The number of halogens is 2. The number of hydrogen-bond acceptors (Lipinski definition) is 9. The minimum atomic E-state index is -2.76. The molecule has 1 amide bonds. The number of anilines is 1. The second kappa shape index (κ2) is 8.07. The van der Waals surface area contributed by atoms with Crippen LogP contribution in [0.4, 0.5) is 19.4 Å². The molecule has 33 heavy (non-hydrogen) atoms. The molecule has 3 fully saturated rings. The van der Waals surface area contributed by atoms with E-state index in [-0.39, 0.29) is 17.6 Å². The molecule has 1 aliphatic heterocycles. The summed E-state index contributed by atoms with van der Waals surface area (Å²) in [5, 5.41) is 6.81. The number of nitrogens with one attached hydrogen (secondary N) is 1. The zero-order chi connectivity index (χ0) is 23.2. The van der Waals surface area contributed by atoms with Crippen LogP contribution in [0.15, 0.2) is 10.7 Å². The molecule has 0 aromatic carbocycles. The Morgan fingerprint density at radius 2 is 2.00 bits per heavy atom. The lowest BCUT2D eigenvalue weighted by Gasteiger charge is -2.39. The van der Waals surface area contributed by atoms with Crippen molar-refractivity contribution in [2.24, 2.45) is 11.8 Å². The predicted molar refractivity (Wildman–Crippen MR) is 110 cm³/mol. The van der Waals surface area contributed by atoms with E-state index < -0.39 is 30.6 Å². The van der Waals surface area contributed by atoms with Crippen molar-refractivity contribution in [3.63, 3.8) is 0 Å². The summed E-state index contributed by atoms with van der Waals surface area (Å²) in [4.78, 5) is 26.8. The fourth-order valence-corrected chi connectivity index (χ4v) is 3.82. The lowest BCUT2D eigenvalue weighted by Crippen LogP contribution is -2.56. The lowest BCUT2D eigenvalue weighted by atomic mass is 9.94. The Morgan fingerprint density at radius 3 is 2.61 bits per heavy atom. The largest absolute Gasteiger partial charge is 0.475 e. The molecule has 5 rings (SSSR count). The first-order valence-electron chi connectivity index (χ1n) is 11.1. The number of alkyl halides is 2. The Kier molecular flexibility index (Phi) is 5.32. The van der Waals surface area contributed by atoms with Crippen LogP contribution in [0.5, 0.6) is 11.8 Å². The zero-order valence-electron chi connectivity index (χ0n) is 18.5. The molecule has 2 aromatic heterocycles. The van der Waals surface area contributed by atoms with Gasteiger partial charge < -0.3 is 24.2 Å². The van der Waals surface area contributed by atoms with Crippen LogP contribution in [-0.4, -0.2) is 51.8 Å². The van der Waals surface area contributed by atoms with Crippen LogP contribution in [0.3, 0.4) is 0 Å². The number of rotatable bonds is 9. The smallest absolute Gasteiger partial charge is 0.414 e. The summed E-state index contributed by atoms with van der Waals surface area (Å²) in [6.45, 7) is 3.01. The highest BCUT2D eigenvalue weighted by Crippen LogP contribution is 2.40. The minimum Gasteiger partial charge on any atom is -0.475 e. The maximum Gasteiger partial charge on any atom is 0.414 e. The molecular weight excluding hydrogens is 438 g/mol. The third kappa shape index (κ3) is 5.14. The highest BCUT2D eigenvalue weighted by atomic mass is 19.3. The summed E-state index contributed by atoms with van der Waals surface area (Å²) < 4.78 is 42.9. The van der Waals surface area contributed by atoms with Crippen molar-refractivity contribution in [1.82, 2.24) is 25.4 Å². The summed E-state index contributed by atoms with van der Waals surface area (Å²) in [7, 11) is 0. The molecule has 12 heteroatoms. The van der Waals surface area contributed by atoms with E-state index in [0.29, 0.717) is 36.6 Å². The molecule has 1 saturated heterocycles. The van der Waals surface area contributed by atoms with Crippen molar-refractivity contribution in [2.75, 3.05) is 24.6 Å². The first-order valence-corrected chi connectivity index (χ1v) is 11.1. The number of carbonyl (C=O) groups is 1. The highest BCUT2D eigenvalue weighted by molar-refractivity contribution is 5.71. The van der Waals surface area contributed by atoms with Crippen molar-refractivity contribution >= 4 is 11.9 Å². The number of hydrogen-bond donors (Lipinski definition) is 1. The van der Waals surface area contributed by atoms with Gasteiger partial charge in [0.05, 0.1) is 25.9 Å². The molecule has 1 unspecified atom stereocenters. The third-order valence-corrected chi connectivity index (χ3v) is 5.99. The fraction of sp³-hybridized carbons (Fsp3) is 0.667. The fourth-order valence-electron chi connectivity index (χ4n) is 3.82. The molecule has 3 heterocycles.